The molecule has 0 N–H and O–H groups in total. The number of rotatable bonds is 5. The zero-order chi connectivity index (χ0) is 10.2. The normalized spacial score (nSPS) is 9.71. The molecule has 1 rings (SSSR count). The summed E-state index contributed by atoms with van der Waals surface area (Å²) >= 11 is 1.49. The van der Waals surface area contributed by atoms with E-state index in [9.17, 15) is 0 Å². The highest BCUT2D eigenvalue weighted by Crippen LogP contribution is 2.16. The van der Waals surface area contributed by atoms with Crippen LogP contribution in [0.4, 0.5) is 0 Å². The molecule has 4 nitrogen and oxygen atoms in total. The molecule has 1 heterocycles. The highest BCUT2D eigenvalue weighted by atomic mass is 32.2. The van der Waals surface area contributed by atoms with Gasteiger partial charge in [0.1, 0.15) is 11.1 Å². The monoisotopic (exact) mass is 209 g/mol. The summed E-state index contributed by atoms with van der Waals surface area (Å²) < 4.78 is 5.18. The van der Waals surface area contributed by atoms with E-state index >= 15 is 0 Å². The minimum Gasteiger partial charge on any atom is -0.381 e. The second kappa shape index (κ2) is 6.35. The van der Waals surface area contributed by atoms with E-state index in [1.54, 1.807) is 6.20 Å². The van der Waals surface area contributed by atoms with Gasteiger partial charge in [0.25, 0.3) is 0 Å². The first-order valence-corrected chi connectivity index (χ1v) is 5.28. The molecule has 1 aromatic rings. The number of ether oxygens (including phenoxy) is 1. The molecule has 0 radical (unpaired) electrons. The van der Waals surface area contributed by atoms with Crippen molar-refractivity contribution in [3.63, 3.8) is 0 Å². The summed E-state index contributed by atoms with van der Waals surface area (Å²) in [6.07, 6.45) is 3.11. The number of nitrogens with zero attached hydrogens (tertiary/aromatic N) is 3. The van der Waals surface area contributed by atoms with Gasteiger partial charge in [-0.25, -0.2) is 9.97 Å². The van der Waals surface area contributed by atoms with Crippen molar-refractivity contribution in [2.45, 2.75) is 11.9 Å². The zero-order valence-corrected chi connectivity index (χ0v) is 8.75. The Morgan fingerprint density at radius 1 is 1.50 bits per heavy atom. The predicted octanol–water partition coefficient (Wildman–Crippen LogP) is 1.48. The van der Waals surface area contributed by atoms with E-state index in [1.807, 2.05) is 13.0 Å². The Morgan fingerprint density at radius 3 is 3.00 bits per heavy atom. The van der Waals surface area contributed by atoms with Crippen molar-refractivity contribution >= 4 is 11.8 Å². The Balaban J connectivity index is 2.46. The van der Waals surface area contributed by atoms with E-state index in [1.165, 1.54) is 18.0 Å². The maximum Gasteiger partial charge on any atom is 0.172 e. The van der Waals surface area contributed by atoms with Crippen LogP contribution in [-0.4, -0.2) is 28.9 Å². The van der Waals surface area contributed by atoms with Crippen LogP contribution in [0.15, 0.2) is 17.4 Å². The molecule has 0 bridgehead atoms. The summed E-state index contributed by atoms with van der Waals surface area (Å²) in [5, 5.41) is 9.40. The zero-order valence-electron chi connectivity index (χ0n) is 7.93. The van der Waals surface area contributed by atoms with Gasteiger partial charge in [-0.15, -0.1) is 11.8 Å². The van der Waals surface area contributed by atoms with Crippen LogP contribution in [0.1, 0.15) is 12.6 Å². The van der Waals surface area contributed by atoms with Gasteiger partial charge in [-0.2, -0.15) is 5.26 Å². The number of hydrogen-bond acceptors (Lipinski definition) is 5. The second-order valence-corrected chi connectivity index (χ2v) is 3.45. The van der Waals surface area contributed by atoms with Crippen LogP contribution in [0.5, 0.6) is 0 Å². The lowest BCUT2D eigenvalue weighted by Crippen LogP contribution is -1.98. The van der Waals surface area contributed by atoms with Crippen LogP contribution >= 0.6 is 11.8 Å². The van der Waals surface area contributed by atoms with Gasteiger partial charge < -0.3 is 4.74 Å². The fourth-order valence-corrected chi connectivity index (χ4v) is 1.61. The molecule has 0 spiro atoms. The highest BCUT2D eigenvalue weighted by molar-refractivity contribution is 7.99. The molecular weight excluding hydrogens is 198 g/mol. The van der Waals surface area contributed by atoms with Crippen LogP contribution in [-0.2, 0) is 4.74 Å². The van der Waals surface area contributed by atoms with E-state index in [2.05, 4.69) is 9.97 Å². The third kappa shape index (κ3) is 3.32. The molecule has 74 valence electrons. The Morgan fingerprint density at radius 2 is 2.29 bits per heavy atom. The van der Waals surface area contributed by atoms with E-state index in [4.69, 9.17) is 10.00 Å². The molecule has 0 saturated carbocycles. The molecule has 0 aliphatic rings. The molecule has 0 aliphatic carbocycles. The minimum absolute atomic E-state index is 0.383. The summed E-state index contributed by atoms with van der Waals surface area (Å²) in [4.78, 5) is 7.98. The number of hydrogen-bond donors (Lipinski definition) is 0. The lowest BCUT2D eigenvalue weighted by Gasteiger charge is -2.01. The lowest BCUT2D eigenvalue weighted by atomic mass is 10.5. The standard InChI is InChI=1S/C9H11N3OS/c1-2-13-5-6-14-9-8(7-10)11-3-4-12-9/h3-4H,2,5-6H2,1H3. The maximum absolute atomic E-state index is 8.72. The first kappa shape index (κ1) is 11.0. The van der Waals surface area contributed by atoms with Crippen LogP contribution in [0.25, 0.3) is 0 Å². The van der Waals surface area contributed by atoms with Crippen molar-refractivity contribution < 1.29 is 4.74 Å². The third-order valence-electron chi connectivity index (χ3n) is 1.44. The fraction of sp³-hybridized carbons (Fsp3) is 0.444. The Hall–Kier alpha value is -1.12. The van der Waals surface area contributed by atoms with Gasteiger partial charge in [-0.1, -0.05) is 0 Å². The first-order chi connectivity index (χ1) is 6.88. The van der Waals surface area contributed by atoms with Crippen molar-refractivity contribution in [2.75, 3.05) is 19.0 Å². The minimum atomic E-state index is 0.383. The van der Waals surface area contributed by atoms with Crippen molar-refractivity contribution in [1.29, 1.82) is 5.26 Å². The summed E-state index contributed by atoms with van der Waals surface area (Å²) in [6, 6.07) is 2.00. The molecule has 0 aliphatic heterocycles. The lowest BCUT2D eigenvalue weighted by molar-refractivity contribution is 0.164. The molecule has 0 aromatic carbocycles. The SMILES string of the molecule is CCOCCSc1nccnc1C#N. The molecular formula is C9H11N3OS. The average molecular weight is 209 g/mol. The predicted molar refractivity (Wildman–Crippen MR) is 54.0 cm³/mol. The van der Waals surface area contributed by atoms with Gasteiger partial charge in [0.05, 0.1) is 6.61 Å². The van der Waals surface area contributed by atoms with Crippen molar-refractivity contribution in [3.8, 4) is 6.07 Å². The summed E-state index contributed by atoms with van der Waals surface area (Å²) in [7, 11) is 0. The van der Waals surface area contributed by atoms with Crippen LogP contribution in [0.2, 0.25) is 0 Å². The molecule has 0 amide bonds. The molecule has 0 saturated heterocycles. The average Bonchev–Trinajstić information content (AvgIpc) is 2.25. The topological polar surface area (TPSA) is 58.8 Å². The number of nitriles is 1. The van der Waals surface area contributed by atoms with Gasteiger partial charge >= 0.3 is 0 Å². The second-order valence-electron chi connectivity index (χ2n) is 2.37. The van der Waals surface area contributed by atoms with Crippen molar-refractivity contribution in [1.82, 2.24) is 9.97 Å². The molecule has 1 aromatic heterocycles. The quantitative estimate of drug-likeness (QED) is 0.543. The number of thioether (sulfide) groups is 1. The van der Waals surface area contributed by atoms with E-state index in [0.717, 1.165) is 5.75 Å². The molecule has 0 atom stereocenters. The Bertz CT molecular complexity index is 324. The van der Waals surface area contributed by atoms with Crippen LogP contribution in [0.3, 0.4) is 0 Å². The number of aromatic nitrogens is 2. The maximum atomic E-state index is 8.72. The Labute approximate surface area is 87.3 Å². The van der Waals surface area contributed by atoms with Gasteiger partial charge in [-0.05, 0) is 6.92 Å². The van der Waals surface area contributed by atoms with Gasteiger partial charge in [-0.3, -0.25) is 0 Å². The third-order valence-corrected chi connectivity index (χ3v) is 2.38. The van der Waals surface area contributed by atoms with Crippen molar-refractivity contribution in [2.24, 2.45) is 0 Å². The van der Waals surface area contributed by atoms with E-state index in [-0.39, 0.29) is 0 Å². The van der Waals surface area contributed by atoms with Crippen LogP contribution in [0, 0.1) is 11.3 Å². The van der Waals surface area contributed by atoms with Gasteiger partial charge in [0.2, 0.25) is 0 Å². The highest BCUT2D eigenvalue weighted by Gasteiger charge is 2.03. The summed E-state index contributed by atoms with van der Waals surface area (Å²) in [5.41, 5.74) is 0.383. The first-order valence-electron chi connectivity index (χ1n) is 4.30. The Kier molecular flexibility index (Phi) is 4.97. The molecule has 0 fully saturated rings. The molecule has 5 heteroatoms. The van der Waals surface area contributed by atoms with Crippen LogP contribution < -0.4 is 0 Å². The fourth-order valence-electron chi connectivity index (χ4n) is 0.849. The molecule has 14 heavy (non-hydrogen) atoms. The van der Waals surface area contributed by atoms with Gasteiger partial charge in [0.15, 0.2) is 5.69 Å². The summed E-state index contributed by atoms with van der Waals surface area (Å²) in [6.45, 7) is 3.34. The summed E-state index contributed by atoms with van der Waals surface area (Å²) in [5.74, 6) is 0.793. The smallest absolute Gasteiger partial charge is 0.172 e. The largest absolute Gasteiger partial charge is 0.381 e. The van der Waals surface area contributed by atoms with Gasteiger partial charge in [0, 0.05) is 24.8 Å². The molecule has 0 unspecified atom stereocenters. The van der Waals surface area contributed by atoms with E-state index in [0.29, 0.717) is 23.9 Å². The van der Waals surface area contributed by atoms with E-state index < -0.39 is 0 Å². The van der Waals surface area contributed by atoms with Crippen molar-refractivity contribution in [3.05, 3.63) is 18.1 Å².